The molecule has 0 aromatic heterocycles. The molecule has 1 aromatic rings. The Morgan fingerprint density at radius 1 is 1.08 bits per heavy atom. The Labute approximate surface area is 153 Å². The lowest BCUT2D eigenvalue weighted by Crippen LogP contribution is -2.28. The first kappa shape index (κ1) is 19.3. The molecule has 1 N–H and O–H groups in total. The van der Waals surface area contributed by atoms with Crippen LogP contribution < -0.4 is 10.2 Å². The van der Waals surface area contributed by atoms with Crippen molar-refractivity contribution in [1.29, 1.82) is 0 Å². The van der Waals surface area contributed by atoms with E-state index in [1.807, 2.05) is 39.0 Å². The van der Waals surface area contributed by atoms with E-state index in [-0.39, 0.29) is 17.3 Å². The number of ether oxygens (including phenoxy) is 2. The highest BCUT2D eigenvalue weighted by molar-refractivity contribution is 6.06. The number of nitrogens with zero attached hydrogens (tertiary/aromatic N) is 1. The van der Waals surface area contributed by atoms with Crippen LogP contribution in [0.2, 0.25) is 0 Å². The SMILES string of the molecule is COC(=O)C1=C(C(=O)OC)N(c2cccc(C)c2NC(C)C)C=CC=C1. The van der Waals surface area contributed by atoms with Gasteiger partial charge < -0.3 is 19.7 Å². The molecule has 0 unspecified atom stereocenters. The molecule has 1 aliphatic heterocycles. The van der Waals surface area contributed by atoms with Gasteiger partial charge in [0.15, 0.2) is 0 Å². The van der Waals surface area contributed by atoms with Gasteiger partial charge in [-0.2, -0.15) is 0 Å². The Hall–Kier alpha value is -3.02. The summed E-state index contributed by atoms with van der Waals surface area (Å²) in [5, 5.41) is 3.41. The van der Waals surface area contributed by atoms with E-state index >= 15 is 0 Å². The molecule has 26 heavy (non-hydrogen) atoms. The third-order valence-corrected chi connectivity index (χ3v) is 3.83. The Kier molecular flexibility index (Phi) is 6.22. The van der Waals surface area contributed by atoms with Crippen LogP contribution in [0.25, 0.3) is 0 Å². The van der Waals surface area contributed by atoms with Crippen molar-refractivity contribution in [3.63, 3.8) is 0 Å². The van der Waals surface area contributed by atoms with Gasteiger partial charge in [0.25, 0.3) is 0 Å². The van der Waals surface area contributed by atoms with E-state index in [0.717, 1.165) is 16.9 Å². The number of benzene rings is 1. The summed E-state index contributed by atoms with van der Waals surface area (Å²) in [6.45, 7) is 6.05. The van der Waals surface area contributed by atoms with Crippen molar-refractivity contribution in [2.24, 2.45) is 0 Å². The molecule has 0 saturated heterocycles. The van der Waals surface area contributed by atoms with Crippen LogP contribution in [0.3, 0.4) is 0 Å². The fraction of sp³-hybridized carbons (Fsp3) is 0.300. The molecule has 1 aliphatic rings. The molecule has 2 rings (SSSR count). The fourth-order valence-corrected chi connectivity index (χ4v) is 2.68. The van der Waals surface area contributed by atoms with Crippen LogP contribution in [0, 0.1) is 6.92 Å². The smallest absolute Gasteiger partial charge is 0.355 e. The largest absolute Gasteiger partial charge is 0.465 e. The lowest BCUT2D eigenvalue weighted by molar-refractivity contribution is -0.139. The minimum absolute atomic E-state index is 0.0988. The van der Waals surface area contributed by atoms with Crippen molar-refractivity contribution in [2.45, 2.75) is 26.8 Å². The van der Waals surface area contributed by atoms with E-state index in [0.29, 0.717) is 0 Å². The number of allylic oxidation sites excluding steroid dienone is 2. The normalized spacial score (nSPS) is 13.7. The van der Waals surface area contributed by atoms with Gasteiger partial charge in [-0.3, -0.25) is 0 Å². The molecule has 0 fully saturated rings. The first-order chi connectivity index (χ1) is 12.4. The van der Waals surface area contributed by atoms with Gasteiger partial charge in [0.2, 0.25) is 0 Å². The molecule has 6 nitrogen and oxygen atoms in total. The van der Waals surface area contributed by atoms with Crippen molar-refractivity contribution in [3.8, 4) is 0 Å². The predicted octanol–water partition coefficient (Wildman–Crippen LogP) is 3.31. The number of carbonyl (C=O) groups is 2. The van der Waals surface area contributed by atoms with Crippen LogP contribution in [0.1, 0.15) is 19.4 Å². The summed E-state index contributed by atoms with van der Waals surface area (Å²) >= 11 is 0. The van der Waals surface area contributed by atoms with Crippen molar-refractivity contribution < 1.29 is 19.1 Å². The molecular formula is C20H24N2O4. The molecule has 0 bridgehead atoms. The van der Waals surface area contributed by atoms with Crippen LogP contribution in [0.5, 0.6) is 0 Å². The van der Waals surface area contributed by atoms with E-state index in [4.69, 9.17) is 9.47 Å². The molecule has 6 heteroatoms. The fourth-order valence-electron chi connectivity index (χ4n) is 2.68. The van der Waals surface area contributed by atoms with Crippen molar-refractivity contribution in [2.75, 3.05) is 24.4 Å². The molecule has 0 amide bonds. The molecule has 1 heterocycles. The van der Waals surface area contributed by atoms with Gasteiger partial charge in [-0.1, -0.05) is 18.2 Å². The van der Waals surface area contributed by atoms with Crippen molar-refractivity contribution in [3.05, 3.63) is 59.5 Å². The van der Waals surface area contributed by atoms with E-state index in [1.54, 1.807) is 29.3 Å². The molecule has 1 aromatic carbocycles. The van der Waals surface area contributed by atoms with E-state index < -0.39 is 11.9 Å². The van der Waals surface area contributed by atoms with Gasteiger partial charge in [0, 0.05) is 12.2 Å². The second-order valence-corrected chi connectivity index (χ2v) is 6.08. The molecule has 0 atom stereocenters. The number of anilines is 2. The molecular weight excluding hydrogens is 332 g/mol. The second-order valence-electron chi connectivity index (χ2n) is 6.08. The Morgan fingerprint density at radius 2 is 1.77 bits per heavy atom. The van der Waals surface area contributed by atoms with Crippen LogP contribution in [0.15, 0.2) is 53.9 Å². The van der Waals surface area contributed by atoms with Gasteiger partial charge in [0.1, 0.15) is 5.70 Å². The summed E-state index contributed by atoms with van der Waals surface area (Å²) in [4.78, 5) is 26.4. The summed E-state index contributed by atoms with van der Waals surface area (Å²) in [6, 6.07) is 5.95. The number of hydrogen-bond acceptors (Lipinski definition) is 6. The monoisotopic (exact) mass is 356 g/mol. The van der Waals surface area contributed by atoms with Gasteiger partial charge in [-0.15, -0.1) is 0 Å². The number of carbonyl (C=O) groups excluding carboxylic acids is 2. The lowest BCUT2D eigenvalue weighted by atomic mass is 10.1. The maximum atomic E-state index is 12.5. The molecule has 0 spiro atoms. The molecule has 0 aliphatic carbocycles. The Balaban J connectivity index is 2.72. The van der Waals surface area contributed by atoms with Gasteiger partial charge in [-0.05, 0) is 44.6 Å². The molecule has 0 radical (unpaired) electrons. The number of para-hydroxylation sites is 1. The maximum Gasteiger partial charge on any atom is 0.355 e. The minimum atomic E-state index is -0.626. The molecule has 138 valence electrons. The zero-order valence-corrected chi connectivity index (χ0v) is 15.7. The zero-order valence-electron chi connectivity index (χ0n) is 15.7. The number of aryl methyl sites for hydroxylation is 1. The number of methoxy groups -OCH3 is 2. The third kappa shape index (κ3) is 3.96. The highest BCUT2D eigenvalue weighted by Crippen LogP contribution is 2.34. The average Bonchev–Trinajstić information content (AvgIpc) is 2.84. The summed E-state index contributed by atoms with van der Waals surface area (Å²) in [6.07, 6.45) is 6.69. The van der Waals surface area contributed by atoms with E-state index in [1.165, 1.54) is 14.2 Å². The number of esters is 2. The maximum absolute atomic E-state index is 12.5. The first-order valence-electron chi connectivity index (χ1n) is 8.31. The van der Waals surface area contributed by atoms with Crippen molar-refractivity contribution >= 4 is 23.3 Å². The Morgan fingerprint density at radius 3 is 2.38 bits per heavy atom. The molecule has 0 saturated carbocycles. The number of rotatable bonds is 5. The first-order valence-corrected chi connectivity index (χ1v) is 8.31. The van der Waals surface area contributed by atoms with E-state index in [2.05, 4.69) is 5.32 Å². The Bertz CT molecular complexity index is 791. The van der Waals surface area contributed by atoms with Crippen LogP contribution >= 0.6 is 0 Å². The topological polar surface area (TPSA) is 67.9 Å². The van der Waals surface area contributed by atoms with Crippen LogP contribution in [-0.4, -0.2) is 32.2 Å². The predicted molar refractivity (Wildman–Crippen MR) is 102 cm³/mol. The number of hydrogen-bond donors (Lipinski definition) is 1. The summed E-state index contributed by atoms with van der Waals surface area (Å²) in [5.41, 5.74) is 2.86. The standard InChI is InChI=1S/C20H24N2O4/c1-13(2)21-17-14(3)9-8-11-16(17)22-12-7-6-10-15(19(23)25-4)18(22)20(24)26-5/h6-13,21H,1-5H3. The highest BCUT2D eigenvalue weighted by atomic mass is 16.5. The third-order valence-electron chi connectivity index (χ3n) is 3.83. The lowest BCUT2D eigenvalue weighted by Gasteiger charge is -2.27. The number of nitrogens with one attached hydrogen (secondary N) is 1. The van der Waals surface area contributed by atoms with E-state index in [9.17, 15) is 9.59 Å². The van der Waals surface area contributed by atoms with Gasteiger partial charge in [0.05, 0.1) is 31.2 Å². The second kappa shape index (κ2) is 8.38. The summed E-state index contributed by atoms with van der Waals surface area (Å²) < 4.78 is 9.79. The summed E-state index contributed by atoms with van der Waals surface area (Å²) in [5.74, 6) is -1.24. The minimum Gasteiger partial charge on any atom is -0.465 e. The zero-order chi connectivity index (χ0) is 19.3. The van der Waals surface area contributed by atoms with Crippen molar-refractivity contribution in [1.82, 2.24) is 0 Å². The average molecular weight is 356 g/mol. The van der Waals surface area contributed by atoms with Gasteiger partial charge in [-0.25, -0.2) is 9.59 Å². The van der Waals surface area contributed by atoms with Gasteiger partial charge >= 0.3 is 11.9 Å². The van der Waals surface area contributed by atoms with Crippen LogP contribution in [0.4, 0.5) is 11.4 Å². The van der Waals surface area contributed by atoms with Crippen LogP contribution in [-0.2, 0) is 19.1 Å². The summed E-state index contributed by atoms with van der Waals surface area (Å²) in [7, 11) is 2.56. The highest BCUT2D eigenvalue weighted by Gasteiger charge is 2.28. The quantitative estimate of drug-likeness (QED) is 0.817.